The molecule has 0 aliphatic heterocycles. The predicted octanol–water partition coefficient (Wildman–Crippen LogP) is 3.42. The average molecular weight is 363 g/mol. The number of rotatable bonds is 6. The largest absolute Gasteiger partial charge is 0.346 e. The summed E-state index contributed by atoms with van der Waals surface area (Å²) in [6, 6.07) is 17.5. The van der Waals surface area contributed by atoms with E-state index in [9.17, 15) is 9.59 Å². The van der Waals surface area contributed by atoms with Crippen LogP contribution in [-0.4, -0.2) is 24.4 Å². The first-order valence-electron chi connectivity index (χ1n) is 9.18. The van der Waals surface area contributed by atoms with E-state index < -0.39 is 6.04 Å². The van der Waals surface area contributed by atoms with Crippen LogP contribution in [0.5, 0.6) is 0 Å². The molecular formula is C22H25N3O2. The van der Waals surface area contributed by atoms with Crippen LogP contribution in [0, 0.1) is 5.92 Å². The molecule has 0 unspecified atom stereocenters. The predicted molar refractivity (Wildman–Crippen MR) is 111 cm³/mol. The Kier molecular flexibility index (Phi) is 5.72. The monoisotopic (exact) mass is 363 g/mol. The van der Waals surface area contributed by atoms with Crippen molar-refractivity contribution in [3.63, 3.8) is 0 Å². The molecule has 1 atom stereocenters. The van der Waals surface area contributed by atoms with E-state index in [1.807, 2.05) is 50.2 Å². The van der Waals surface area contributed by atoms with Crippen molar-refractivity contribution in [2.24, 2.45) is 11.7 Å². The van der Waals surface area contributed by atoms with E-state index in [1.54, 1.807) is 0 Å². The fraction of sp³-hybridized carbons (Fsp3) is 0.273. The van der Waals surface area contributed by atoms with Crippen LogP contribution < -0.4 is 16.4 Å². The van der Waals surface area contributed by atoms with Crippen LogP contribution in [0.4, 0.5) is 5.69 Å². The van der Waals surface area contributed by atoms with Gasteiger partial charge < -0.3 is 16.4 Å². The van der Waals surface area contributed by atoms with Gasteiger partial charge in [-0.25, -0.2) is 0 Å². The molecule has 0 bridgehead atoms. The number of carbonyl (C=O) groups is 2. The van der Waals surface area contributed by atoms with Crippen LogP contribution in [0.15, 0.2) is 54.6 Å². The van der Waals surface area contributed by atoms with Crippen molar-refractivity contribution in [3.05, 3.63) is 54.6 Å². The fourth-order valence-electron chi connectivity index (χ4n) is 3.18. The molecule has 0 saturated heterocycles. The number of hydrogen-bond acceptors (Lipinski definition) is 3. The highest BCUT2D eigenvalue weighted by atomic mass is 16.2. The molecule has 0 aliphatic carbocycles. The maximum Gasteiger partial charge on any atom is 0.243 e. The third-order valence-electron chi connectivity index (χ3n) is 4.51. The van der Waals surface area contributed by atoms with Gasteiger partial charge in [0.05, 0.1) is 12.6 Å². The lowest BCUT2D eigenvalue weighted by Gasteiger charge is -2.14. The Balaban J connectivity index is 1.71. The minimum atomic E-state index is -0.596. The van der Waals surface area contributed by atoms with Crippen LogP contribution in [-0.2, 0) is 9.59 Å². The van der Waals surface area contributed by atoms with Crippen molar-refractivity contribution in [1.82, 2.24) is 5.32 Å². The summed E-state index contributed by atoms with van der Waals surface area (Å²) in [5.41, 5.74) is 6.57. The van der Waals surface area contributed by atoms with Gasteiger partial charge in [0.1, 0.15) is 0 Å². The lowest BCUT2D eigenvalue weighted by Crippen LogP contribution is -2.44. The highest BCUT2D eigenvalue weighted by Crippen LogP contribution is 2.28. The zero-order valence-corrected chi connectivity index (χ0v) is 15.7. The third-order valence-corrected chi connectivity index (χ3v) is 4.51. The average Bonchev–Trinajstić information content (AvgIpc) is 2.64. The molecule has 0 radical (unpaired) electrons. The van der Waals surface area contributed by atoms with Gasteiger partial charge >= 0.3 is 0 Å². The first kappa shape index (κ1) is 18.9. The summed E-state index contributed by atoms with van der Waals surface area (Å²) in [6.07, 6.45) is 0.587. The molecule has 0 saturated carbocycles. The first-order valence-corrected chi connectivity index (χ1v) is 9.18. The van der Waals surface area contributed by atoms with E-state index >= 15 is 0 Å². The number of carbonyl (C=O) groups excluding carboxylic acids is 2. The van der Waals surface area contributed by atoms with Gasteiger partial charge in [-0.2, -0.15) is 0 Å². The first-order chi connectivity index (χ1) is 12.9. The zero-order valence-electron chi connectivity index (χ0n) is 15.7. The Morgan fingerprint density at radius 3 is 2.33 bits per heavy atom. The van der Waals surface area contributed by atoms with E-state index in [0.29, 0.717) is 12.3 Å². The topological polar surface area (TPSA) is 84.2 Å². The van der Waals surface area contributed by atoms with Crippen molar-refractivity contribution in [3.8, 4) is 0 Å². The van der Waals surface area contributed by atoms with Gasteiger partial charge in [-0.3, -0.25) is 9.59 Å². The molecule has 0 aliphatic rings. The summed E-state index contributed by atoms with van der Waals surface area (Å²) < 4.78 is 0. The molecule has 3 aromatic carbocycles. The summed E-state index contributed by atoms with van der Waals surface area (Å²) in [4.78, 5) is 24.3. The van der Waals surface area contributed by atoms with Gasteiger partial charge in [-0.15, -0.1) is 0 Å². The Morgan fingerprint density at radius 2 is 1.63 bits per heavy atom. The summed E-state index contributed by atoms with van der Waals surface area (Å²) in [5, 5.41) is 9.78. The van der Waals surface area contributed by atoms with Crippen molar-refractivity contribution >= 4 is 39.0 Å². The quantitative estimate of drug-likeness (QED) is 0.587. The van der Waals surface area contributed by atoms with Gasteiger partial charge in [0, 0.05) is 11.1 Å². The molecule has 140 valence electrons. The lowest BCUT2D eigenvalue weighted by molar-refractivity contribution is -0.125. The van der Waals surface area contributed by atoms with Crippen molar-refractivity contribution in [2.45, 2.75) is 26.3 Å². The van der Waals surface area contributed by atoms with E-state index in [2.05, 4.69) is 28.8 Å². The molecule has 2 amide bonds. The van der Waals surface area contributed by atoms with Gasteiger partial charge in [0.25, 0.3) is 0 Å². The highest BCUT2D eigenvalue weighted by Gasteiger charge is 2.16. The SMILES string of the molecule is CC(C)C[C@H](N)C(=O)NCC(=O)Nc1cccc2cc3ccccc3cc12. The van der Waals surface area contributed by atoms with Crippen molar-refractivity contribution in [1.29, 1.82) is 0 Å². The van der Waals surface area contributed by atoms with Crippen molar-refractivity contribution < 1.29 is 9.59 Å². The van der Waals surface area contributed by atoms with Crippen LogP contribution in [0.3, 0.4) is 0 Å². The maximum absolute atomic E-state index is 12.3. The second-order valence-electron chi connectivity index (χ2n) is 7.23. The van der Waals surface area contributed by atoms with Crippen LogP contribution >= 0.6 is 0 Å². The normalized spacial score (nSPS) is 12.3. The summed E-state index contributed by atoms with van der Waals surface area (Å²) in [7, 11) is 0. The molecule has 27 heavy (non-hydrogen) atoms. The number of benzene rings is 3. The zero-order chi connectivity index (χ0) is 19.4. The van der Waals surface area contributed by atoms with Crippen LogP contribution in [0.25, 0.3) is 21.5 Å². The molecule has 5 heteroatoms. The molecular weight excluding hydrogens is 338 g/mol. The minimum absolute atomic E-state index is 0.103. The van der Waals surface area contributed by atoms with Crippen LogP contribution in [0.1, 0.15) is 20.3 Å². The molecule has 3 aromatic rings. The number of nitrogens with two attached hydrogens (primary N) is 1. The van der Waals surface area contributed by atoms with Gasteiger partial charge in [-0.1, -0.05) is 50.2 Å². The lowest BCUT2D eigenvalue weighted by atomic mass is 10.0. The molecule has 3 rings (SSSR count). The number of amides is 2. The van der Waals surface area contributed by atoms with E-state index in [1.165, 1.54) is 0 Å². The Morgan fingerprint density at radius 1 is 0.963 bits per heavy atom. The van der Waals surface area contributed by atoms with E-state index in [0.717, 1.165) is 27.2 Å². The van der Waals surface area contributed by atoms with E-state index in [-0.39, 0.29) is 18.4 Å². The number of fused-ring (bicyclic) bond motifs is 2. The van der Waals surface area contributed by atoms with Gasteiger partial charge in [0.2, 0.25) is 11.8 Å². The van der Waals surface area contributed by atoms with Gasteiger partial charge in [-0.05, 0) is 46.7 Å². The molecule has 0 spiro atoms. The van der Waals surface area contributed by atoms with E-state index in [4.69, 9.17) is 5.73 Å². The molecule has 4 N–H and O–H groups in total. The Bertz CT molecular complexity index is 982. The van der Waals surface area contributed by atoms with Gasteiger partial charge in [0.15, 0.2) is 0 Å². The highest BCUT2D eigenvalue weighted by molar-refractivity contribution is 6.08. The molecule has 0 heterocycles. The number of hydrogen-bond donors (Lipinski definition) is 3. The third kappa shape index (κ3) is 4.63. The van der Waals surface area contributed by atoms with Crippen molar-refractivity contribution in [2.75, 3.05) is 11.9 Å². The smallest absolute Gasteiger partial charge is 0.243 e. The summed E-state index contributed by atoms with van der Waals surface area (Å²) in [5.74, 6) is -0.256. The maximum atomic E-state index is 12.3. The molecule has 5 nitrogen and oxygen atoms in total. The van der Waals surface area contributed by atoms with Crippen LogP contribution in [0.2, 0.25) is 0 Å². The summed E-state index contributed by atoms with van der Waals surface area (Å²) in [6.45, 7) is 3.91. The fourth-order valence-corrected chi connectivity index (χ4v) is 3.18. The number of anilines is 1. The Labute approximate surface area is 158 Å². The number of nitrogens with one attached hydrogen (secondary N) is 2. The minimum Gasteiger partial charge on any atom is -0.346 e. The molecule has 0 fully saturated rings. The standard InChI is InChI=1S/C22H25N3O2/c1-14(2)10-19(23)22(27)24-13-21(26)25-20-9-5-8-17-11-15-6-3-4-7-16(15)12-18(17)20/h3-9,11-12,14,19H,10,13,23H2,1-2H3,(H,24,27)(H,25,26)/t19-/m0/s1. The second-order valence-corrected chi connectivity index (χ2v) is 7.23. The Hall–Kier alpha value is -2.92. The summed E-state index contributed by atoms with van der Waals surface area (Å²) >= 11 is 0. The second kappa shape index (κ2) is 8.18. The molecule has 0 aromatic heterocycles.